The number of nitrogens with one attached hydrogen (secondary N) is 1. The van der Waals surface area contributed by atoms with Crippen molar-refractivity contribution >= 4 is 10.9 Å². The van der Waals surface area contributed by atoms with E-state index in [1.165, 1.54) is 11.1 Å². The predicted octanol–water partition coefficient (Wildman–Crippen LogP) is 4.23. The number of hydrogen-bond acceptors (Lipinski definition) is 3. The molecule has 2 heterocycles. The molecule has 3 rings (SSSR count). The first-order chi connectivity index (χ1) is 10.3. The molecule has 2 aromatic heterocycles. The Kier molecular flexibility index (Phi) is 4.02. The fraction of sp³-hybridized carbons (Fsp3) is 0.278. The molecule has 0 saturated heterocycles. The van der Waals surface area contributed by atoms with Crippen molar-refractivity contribution in [2.24, 2.45) is 0 Å². The third kappa shape index (κ3) is 2.83. The van der Waals surface area contributed by atoms with Gasteiger partial charge in [0.25, 0.3) is 0 Å². The molecule has 0 radical (unpaired) electrons. The van der Waals surface area contributed by atoms with Crippen molar-refractivity contribution in [3.8, 4) is 0 Å². The summed E-state index contributed by atoms with van der Waals surface area (Å²) in [5.41, 5.74) is 3.37. The van der Waals surface area contributed by atoms with Gasteiger partial charge in [0.1, 0.15) is 5.76 Å². The highest BCUT2D eigenvalue weighted by molar-refractivity contribution is 5.79. The minimum Gasteiger partial charge on any atom is -0.467 e. The topological polar surface area (TPSA) is 38.1 Å². The SMILES string of the molecule is CCCNC(c1ccc2cccnc2c1)c1occc1C. The Bertz CT molecular complexity index is 733. The number of pyridine rings is 1. The van der Waals surface area contributed by atoms with Gasteiger partial charge in [-0.3, -0.25) is 4.98 Å². The molecule has 0 amide bonds. The van der Waals surface area contributed by atoms with Crippen LogP contribution < -0.4 is 5.32 Å². The molecule has 0 bridgehead atoms. The van der Waals surface area contributed by atoms with Gasteiger partial charge in [-0.25, -0.2) is 0 Å². The quantitative estimate of drug-likeness (QED) is 0.760. The largest absolute Gasteiger partial charge is 0.467 e. The summed E-state index contributed by atoms with van der Waals surface area (Å²) in [7, 11) is 0. The van der Waals surface area contributed by atoms with E-state index in [-0.39, 0.29) is 6.04 Å². The maximum absolute atomic E-state index is 5.71. The molecule has 0 spiro atoms. The van der Waals surface area contributed by atoms with Crippen LogP contribution >= 0.6 is 0 Å². The second-order valence-corrected chi connectivity index (χ2v) is 5.31. The fourth-order valence-corrected chi connectivity index (χ4v) is 2.59. The Morgan fingerprint density at radius 1 is 1.24 bits per heavy atom. The van der Waals surface area contributed by atoms with Crippen molar-refractivity contribution in [2.45, 2.75) is 26.3 Å². The lowest BCUT2D eigenvalue weighted by Gasteiger charge is -2.18. The van der Waals surface area contributed by atoms with E-state index in [1.807, 2.05) is 18.3 Å². The normalized spacial score (nSPS) is 12.7. The molecule has 0 aliphatic heterocycles. The second kappa shape index (κ2) is 6.10. The zero-order valence-electron chi connectivity index (χ0n) is 12.5. The van der Waals surface area contributed by atoms with E-state index in [0.29, 0.717) is 0 Å². The van der Waals surface area contributed by atoms with Crippen molar-refractivity contribution in [1.82, 2.24) is 10.3 Å². The van der Waals surface area contributed by atoms with E-state index in [2.05, 4.69) is 48.4 Å². The van der Waals surface area contributed by atoms with Crippen LogP contribution in [0.2, 0.25) is 0 Å². The molecule has 21 heavy (non-hydrogen) atoms. The minimum absolute atomic E-state index is 0.0753. The maximum Gasteiger partial charge on any atom is 0.128 e. The van der Waals surface area contributed by atoms with Gasteiger partial charge in [0.2, 0.25) is 0 Å². The average Bonchev–Trinajstić information content (AvgIpc) is 2.94. The molecule has 1 atom stereocenters. The fourth-order valence-electron chi connectivity index (χ4n) is 2.59. The van der Waals surface area contributed by atoms with Gasteiger partial charge in [0.15, 0.2) is 0 Å². The summed E-state index contributed by atoms with van der Waals surface area (Å²) in [5.74, 6) is 0.985. The van der Waals surface area contributed by atoms with Gasteiger partial charge < -0.3 is 9.73 Å². The lowest BCUT2D eigenvalue weighted by molar-refractivity contribution is 0.444. The standard InChI is InChI=1S/C18H20N2O/c1-3-9-20-17(18-13(2)8-11-21-18)15-7-6-14-5-4-10-19-16(14)12-15/h4-8,10-12,17,20H,3,9H2,1-2H3. The van der Waals surface area contributed by atoms with Gasteiger partial charge in [0, 0.05) is 11.6 Å². The molecule has 0 aliphatic carbocycles. The summed E-state index contributed by atoms with van der Waals surface area (Å²) < 4.78 is 5.71. The van der Waals surface area contributed by atoms with Crippen LogP contribution in [0.3, 0.4) is 0 Å². The molecule has 3 nitrogen and oxygen atoms in total. The highest BCUT2D eigenvalue weighted by atomic mass is 16.3. The second-order valence-electron chi connectivity index (χ2n) is 5.31. The van der Waals surface area contributed by atoms with Crippen LogP contribution in [0.4, 0.5) is 0 Å². The number of aryl methyl sites for hydroxylation is 1. The van der Waals surface area contributed by atoms with Crippen molar-refractivity contribution in [3.05, 3.63) is 65.7 Å². The van der Waals surface area contributed by atoms with E-state index in [9.17, 15) is 0 Å². The summed E-state index contributed by atoms with van der Waals surface area (Å²) in [6, 6.07) is 12.5. The van der Waals surface area contributed by atoms with Crippen molar-refractivity contribution in [1.29, 1.82) is 0 Å². The van der Waals surface area contributed by atoms with E-state index in [4.69, 9.17) is 4.42 Å². The first kappa shape index (κ1) is 13.8. The third-order valence-corrected chi connectivity index (χ3v) is 3.73. The third-order valence-electron chi connectivity index (χ3n) is 3.73. The summed E-state index contributed by atoms with van der Waals surface area (Å²) in [5, 5.41) is 4.73. The molecule has 1 aromatic carbocycles. The Morgan fingerprint density at radius 2 is 2.14 bits per heavy atom. The molecule has 0 saturated carbocycles. The molecule has 3 aromatic rings. The van der Waals surface area contributed by atoms with Gasteiger partial charge in [-0.2, -0.15) is 0 Å². The highest BCUT2D eigenvalue weighted by Crippen LogP contribution is 2.27. The van der Waals surface area contributed by atoms with E-state index in [1.54, 1.807) is 6.26 Å². The number of nitrogens with zero attached hydrogens (tertiary/aromatic N) is 1. The Hall–Kier alpha value is -2.13. The summed E-state index contributed by atoms with van der Waals surface area (Å²) >= 11 is 0. The van der Waals surface area contributed by atoms with Crippen LogP contribution in [-0.2, 0) is 0 Å². The van der Waals surface area contributed by atoms with Crippen molar-refractivity contribution in [3.63, 3.8) is 0 Å². The van der Waals surface area contributed by atoms with Crippen LogP contribution in [0.25, 0.3) is 10.9 Å². The average molecular weight is 280 g/mol. The highest BCUT2D eigenvalue weighted by Gasteiger charge is 2.19. The predicted molar refractivity (Wildman–Crippen MR) is 85.3 cm³/mol. The molecule has 1 N–H and O–H groups in total. The molecule has 3 heteroatoms. The first-order valence-electron chi connectivity index (χ1n) is 7.41. The number of fused-ring (bicyclic) bond motifs is 1. The molecule has 1 unspecified atom stereocenters. The lowest BCUT2D eigenvalue weighted by atomic mass is 10.00. The molecule has 0 fully saturated rings. The monoisotopic (exact) mass is 280 g/mol. The van der Waals surface area contributed by atoms with Crippen molar-refractivity contribution in [2.75, 3.05) is 6.54 Å². The lowest BCUT2D eigenvalue weighted by Crippen LogP contribution is -2.23. The zero-order chi connectivity index (χ0) is 14.7. The van der Waals surface area contributed by atoms with E-state index >= 15 is 0 Å². The maximum atomic E-state index is 5.71. The summed E-state index contributed by atoms with van der Waals surface area (Å²) in [6.45, 7) is 5.20. The Morgan fingerprint density at radius 3 is 2.90 bits per heavy atom. The van der Waals surface area contributed by atoms with Gasteiger partial charge in [0.05, 0.1) is 17.8 Å². The molecular weight excluding hydrogens is 260 g/mol. The summed E-state index contributed by atoms with van der Waals surface area (Å²) in [6.07, 6.45) is 4.67. The van der Waals surface area contributed by atoms with Crippen LogP contribution in [0.15, 0.2) is 53.3 Å². The molecule has 108 valence electrons. The first-order valence-corrected chi connectivity index (χ1v) is 7.41. The number of aromatic nitrogens is 1. The van der Waals surface area contributed by atoms with E-state index < -0.39 is 0 Å². The van der Waals surface area contributed by atoms with Crippen LogP contribution in [0, 0.1) is 6.92 Å². The Balaban J connectivity index is 2.03. The van der Waals surface area contributed by atoms with Gasteiger partial charge in [-0.1, -0.05) is 25.1 Å². The van der Waals surface area contributed by atoms with Gasteiger partial charge >= 0.3 is 0 Å². The molecule has 0 aliphatic rings. The number of benzene rings is 1. The van der Waals surface area contributed by atoms with E-state index in [0.717, 1.165) is 29.6 Å². The van der Waals surface area contributed by atoms with Gasteiger partial charge in [-0.15, -0.1) is 0 Å². The molecular formula is C18H20N2O. The smallest absolute Gasteiger partial charge is 0.128 e. The van der Waals surface area contributed by atoms with Gasteiger partial charge in [-0.05, 0) is 49.2 Å². The van der Waals surface area contributed by atoms with Crippen LogP contribution in [0.1, 0.15) is 36.3 Å². The van der Waals surface area contributed by atoms with Crippen LogP contribution in [0.5, 0.6) is 0 Å². The minimum atomic E-state index is 0.0753. The number of furan rings is 1. The van der Waals surface area contributed by atoms with Crippen molar-refractivity contribution < 1.29 is 4.42 Å². The van der Waals surface area contributed by atoms with Crippen LogP contribution in [-0.4, -0.2) is 11.5 Å². The summed E-state index contributed by atoms with van der Waals surface area (Å²) in [4.78, 5) is 4.45. The Labute approximate surface area is 125 Å². The number of hydrogen-bond donors (Lipinski definition) is 1. The number of rotatable bonds is 5. The zero-order valence-corrected chi connectivity index (χ0v) is 12.5.